The van der Waals surface area contributed by atoms with Crippen LogP contribution in [-0.2, 0) is 6.54 Å². The minimum atomic E-state index is -0.511. The summed E-state index contributed by atoms with van der Waals surface area (Å²) < 4.78 is 2.81. The van der Waals surface area contributed by atoms with Crippen LogP contribution in [0.25, 0.3) is 10.2 Å². The predicted octanol–water partition coefficient (Wildman–Crippen LogP) is 5.10. The fourth-order valence-corrected chi connectivity index (χ4v) is 4.73. The van der Waals surface area contributed by atoms with E-state index in [1.165, 1.54) is 29.5 Å². The highest BCUT2D eigenvalue weighted by molar-refractivity contribution is 7.22. The summed E-state index contributed by atoms with van der Waals surface area (Å²) in [5.41, 5.74) is 1.82. The number of carbonyl (C=O) groups is 1. The summed E-state index contributed by atoms with van der Waals surface area (Å²) in [6.45, 7) is 2.99. The van der Waals surface area contributed by atoms with Crippen LogP contribution in [0.15, 0.2) is 55.1 Å². The predicted molar refractivity (Wildman–Crippen MR) is 121 cm³/mol. The molecule has 4 aromatic rings. The number of nitrogens with zero attached hydrogens (tertiary/aromatic N) is 5. The van der Waals surface area contributed by atoms with Gasteiger partial charge in [-0.2, -0.15) is 0 Å². The van der Waals surface area contributed by atoms with E-state index in [0.717, 1.165) is 15.8 Å². The first-order chi connectivity index (χ1) is 14.9. The summed E-state index contributed by atoms with van der Waals surface area (Å²) in [5.74, 6) is -0.336. The van der Waals surface area contributed by atoms with Crippen LogP contribution >= 0.6 is 22.9 Å². The number of fused-ring (bicyclic) bond motifs is 1. The van der Waals surface area contributed by atoms with Crippen LogP contribution in [0.4, 0.5) is 10.8 Å². The number of amides is 1. The van der Waals surface area contributed by atoms with Gasteiger partial charge in [0.15, 0.2) is 5.13 Å². The number of aryl methyl sites for hydroxylation is 2. The number of hydrogen-bond acceptors (Lipinski definition) is 6. The zero-order valence-electron chi connectivity index (χ0n) is 16.6. The van der Waals surface area contributed by atoms with Gasteiger partial charge in [-0.05, 0) is 37.1 Å². The number of nitro groups is 1. The molecule has 158 valence electrons. The molecule has 0 saturated carbocycles. The molecule has 4 rings (SSSR count). The SMILES string of the molecule is Cc1cc(Cl)cc2sc(N(CCCn3ccnc3)C(=O)c3cccc([N+](=O)[O-])c3)nc12. The van der Waals surface area contributed by atoms with Crippen molar-refractivity contribution in [3.8, 4) is 0 Å². The minimum absolute atomic E-state index is 0.129. The Bertz CT molecular complexity index is 1260. The average Bonchev–Trinajstić information content (AvgIpc) is 3.40. The Kier molecular flexibility index (Phi) is 5.97. The number of rotatable bonds is 7. The molecule has 2 aromatic heterocycles. The summed E-state index contributed by atoms with van der Waals surface area (Å²) in [6.07, 6.45) is 5.93. The standard InChI is InChI=1S/C21H18ClN5O3S/c1-14-10-16(22)12-18-19(14)24-21(31-18)26(8-3-7-25-9-6-23-13-25)20(28)15-4-2-5-17(11-15)27(29)30/h2,4-6,9-13H,3,7-8H2,1H3. The molecule has 0 aliphatic rings. The van der Waals surface area contributed by atoms with Crippen LogP contribution in [0, 0.1) is 17.0 Å². The largest absolute Gasteiger partial charge is 0.337 e. The second-order valence-corrected chi connectivity index (χ2v) is 8.43. The highest BCUT2D eigenvalue weighted by atomic mass is 35.5. The number of carbonyl (C=O) groups excluding carboxylic acids is 1. The molecule has 0 saturated heterocycles. The van der Waals surface area contributed by atoms with Crippen molar-refractivity contribution in [3.63, 3.8) is 0 Å². The number of halogens is 1. The van der Waals surface area contributed by atoms with Gasteiger partial charge in [0.1, 0.15) is 0 Å². The van der Waals surface area contributed by atoms with Gasteiger partial charge in [-0.3, -0.25) is 19.8 Å². The Labute approximate surface area is 186 Å². The quantitative estimate of drug-likeness (QED) is 0.285. The Morgan fingerprint density at radius 2 is 2.16 bits per heavy atom. The number of anilines is 1. The second-order valence-electron chi connectivity index (χ2n) is 6.98. The van der Waals surface area contributed by atoms with Crippen molar-refractivity contribution in [2.75, 3.05) is 11.4 Å². The van der Waals surface area contributed by atoms with E-state index in [1.807, 2.05) is 29.8 Å². The average molecular weight is 456 g/mol. The topological polar surface area (TPSA) is 94.2 Å². The lowest BCUT2D eigenvalue weighted by Crippen LogP contribution is -2.32. The normalized spacial score (nSPS) is 11.0. The lowest BCUT2D eigenvalue weighted by atomic mass is 10.1. The van der Waals surface area contributed by atoms with Gasteiger partial charge in [-0.25, -0.2) is 9.97 Å². The van der Waals surface area contributed by atoms with Crippen molar-refractivity contribution in [1.29, 1.82) is 0 Å². The first kappa shape index (κ1) is 21.0. The monoisotopic (exact) mass is 455 g/mol. The van der Waals surface area contributed by atoms with E-state index in [-0.39, 0.29) is 17.2 Å². The van der Waals surface area contributed by atoms with Crippen LogP contribution < -0.4 is 4.90 Å². The van der Waals surface area contributed by atoms with Crippen LogP contribution in [-0.4, -0.2) is 31.9 Å². The summed E-state index contributed by atoms with van der Waals surface area (Å²) >= 11 is 7.56. The number of non-ortho nitro benzene ring substituents is 1. The van der Waals surface area contributed by atoms with E-state index in [1.54, 1.807) is 23.5 Å². The van der Waals surface area contributed by atoms with Gasteiger partial charge in [-0.1, -0.05) is 29.0 Å². The van der Waals surface area contributed by atoms with Gasteiger partial charge >= 0.3 is 0 Å². The molecule has 0 aliphatic carbocycles. The maximum Gasteiger partial charge on any atom is 0.270 e. The third-order valence-electron chi connectivity index (χ3n) is 4.78. The lowest BCUT2D eigenvalue weighted by molar-refractivity contribution is -0.384. The summed E-state index contributed by atoms with van der Waals surface area (Å²) in [7, 11) is 0. The Morgan fingerprint density at radius 3 is 2.90 bits per heavy atom. The van der Waals surface area contributed by atoms with E-state index in [2.05, 4.69) is 9.97 Å². The van der Waals surface area contributed by atoms with Crippen molar-refractivity contribution < 1.29 is 9.72 Å². The maximum atomic E-state index is 13.4. The molecule has 31 heavy (non-hydrogen) atoms. The third-order valence-corrected chi connectivity index (χ3v) is 6.02. The van der Waals surface area contributed by atoms with E-state index in [0.29, 0.717) is 29.7 Å². The van der Waals surface area contributed by atoms with Gasteiger partial charge in [0.05, 0.1) is 21.5 Å². The molecule has 0 N–H and O–H groups in total. The lowest BCUT2D eigenvalue weighted by Gasteiger charge is -2.20. The van der Waals surface area contributed by atoms with Crippen molar-refractivity contribution in [1.82, 2.24) is 14.5 Å². The van der Waals surface area contributed by atoms with Crippen LogP contribution in [0.3, 0.4) is 0 Å². The zero-order chi connectivity index (χ0) is 22.0. The number of imidazole rings is 1. The molecule has 1 amide bonds. The van der Waals surface area contributed by atoms with Crippen LogP contribution in [0.1, 0.15) is 22.3 Å². The van der Waals surface area contributed by atoms with Crippen molar-refractivity contribution >= 4 is 49.9 Å². The number of aromatic nitrogens is 3. The number of thiazole rings is 1. The smallest absolute Gasteiger partial charge is 0.270 e. The van der Waals surface area contributed by atoms with Gasteiger partial charge in [0.25, 0.3) is 11.6 Å². The Morgan fingerprint density at radius 1 is 1.32 bits per heavy atom. The molecule has 0 spiro atoms. The molecule has 0 aliphatic heterocycles. The molecule has 0 fully saturated rings. The minimum Gasteiger partial charge on any atom is -0.337 e. The Hall–Kier alpha value is -3.30. The molecular weight excluding hydrogens is 438 g/mol. The van der Waals surface area contributed by atoms with Crippen molar-refractivity contribution in [2.24, 2.45) is 0 Å². The van der Waals surface area contributed by atoms with E-state index < -0.39 is 4.92 Å². The Balaban J connectivity index is 1.68. The highest BCUT2D eigenvalue weighted by Gasteiger charge is 2.23. The summed E-state index contributed by atoms with van der Waals surface area (Å²) in [5, 5.41) is 12.3. The van der Waals surface area contributed by atoms with E-state index >= 15 is 0 Å². The van der Waals surface area contributed by atoms with Gasteiger partial charge in [0.2, 0.25) is 0 Å². The highest BCUT2D eigenvalue weighted by Crippen LogP contribution is 2.34. The maximum absolute atomic E-state index is 13.4. The molecule has 10 heteroatoms. The summed E-state index contributed by atoms with van der Waals surface area (Å²) in [6, 6.07) is 9.40. The molecule has 0 atom stereocenters. The van der Waals surface area contributed by atoms with E-state index in [9.17, 15) is 14.9 Å². The van der Waals surface area contributed by atoms with Crippen molar-refractivity contribution in [3.05, 3.63) is 81.4 Å². The van der Waals surface area contributed by atoms with Crippen molar-refractivity contribution in [2.45, 2.75) is 19.9 Å². The first-order valence-electron chi connectivity index (χ1n) is 9.51. The molecular formula is C21H18ClN5O3S. The second kappa shape index (κ2) is 8.83. The number of nitro benzene ring substituents is 1. The van der Waals surface area contributed by atoms with Gasteiger partial charge in [-0.15, -0.1) is 0 Å². The molecule has 2 heterocycles. The number of benzene rings is 2. The van der Waals surface area contributed by atoms with Crippen LogP contribution in [0.2, 0.25) is 5.02 Å². The fourth-order valence-electron chi connectivity index (χ4n) is 3.28. The first-order valence-corrected chi connectivity index (χ1v) is 10.7. The van der Waals surface area contributed by atoms with Gasteiger partial charge in [0, 0.05) is 48.2 Å². The molecule has 0 radical (unpaired) electrons. The van der Waals surface area contributed by atoms with Gasteiger partial charge < -0.3 is 4.57 Å². The third kappa shape index (κ3) is 4.57. The van der Waals surface area contributed by atoms with E-state index in [4.69, 9.17) is 11.6 Å². The molecule has 0 unspecified atom stereocenters. The van der Waals surface area contributed by atoms with Crippen LogP contribution in [0.5, 0.6) is 0 Å². The molecule has 0 bridgehead atoms. The summed E-state index contributed by atoms with van der Waals surface area (Å²) in [4.78, 5) is 34.3. The zero-order valence-corrected chi connectivity index (χ0v) is 18.1. The molecule has 2 aromatic carbocycles. The number of hydrogen-bond donors (Lipinski definition) is 0. The fraction of sp³-hybridized carbons (Fsp3) is 0.190. The molecule has 8 nitrogen and oxygen atoms in total.